The zero-order chi connectivity index (χ0) is 11.8. The van der Waals surface area contributed by atoms with E-state index in [2.05, 4.69) is 18.3 Å². The third kappa shape index (κ3) is 2.37. The Morgan fingerprint density at radius 1 is 1.39 bits per heavy atom. The number of furan rings is 1. The summed E-state index contributed by atoms with van der Waals surface area (Å²) in [6.07, 6.45) is 2.90. The van der Waals surface area contributed by atoms with Gasteiger partial charge in [0.05, 0.1) is 6.26 Å². The minimum Gasteiger partial charge on any atom is -0.464 e. The molecule has 1 aromatic carbocycles. The summed E-state index contributed by atoms with van der Waals surface area (Å²) in [5.74, 6) is 1.17. The second-order valence-corrected chi connectivity index (χ2v) is 5.35. The molecule has 0 amide bonds. The van der Waals surface area contributed by atoms with E-state index in [-0.39, 0.29) is 12.4 Å². The number of hydrogen-bond acceptors (Lipinski definition) is 2. The first-order valence-corrected chi connectivity index (χ1v) is 6.51. The fourth-order valence-corrected chi connectivity index (χ4v) is 3.06. The summed E-state index contributed by atoms with van der Waals surface area (Å²) >= 11 is 6.19. The van der Waals surface area contributed by atoms with E-state index in [1.807, 2.05) is 12.1 Å². The van der Waals surface area contributed by atoms with Gasteiger partial charge >= 0.3 is 0 Å². The van der Waals surface area contributed by atoms with Crippen LogP contribution in [0.1, 0.15) is 24.8 Å². The highest BCUT2D eigenvalue weighted by atomic mass is 35.5. The highest BCUT2D eigenvalue weighted by Gasteiger charge is 2.25. The lowest BCUT2D eigenvalue weighted by Gasteiger charge is -2.30. The third-order valence-electron chi connectivity index (χ3n) is 3.73. The molecule has 0 bridgehead atoms. The zero-order valence-electron chi connectivity index (χ0n) is 10.3. The summed E-state index contributed by atoms with van der Waals surface area (Å²) in [4.78, 5) is 0. The van der Waals surface area contributed by atoms with Crippen LogP contribution in [0.3, 0.4) is 0 Å². The number of piperidine rings is 1. The Labute approximate surface area is 118 Å². The zero-order valence-corrected chi connectivity index (χ0v) is 11.9. The van der Waals surface area contributed by atoms with Crippen LogP contribution in [0.2, 0.25) is 5.02 Å². The van der Waals surface area contributed by atoms with Gasteiger partial charge in [-0.2, -0.15) is 0 Å². The topological polar surface area (TPSA) is 25.2 Å². The minimum atomic E-state index is 0. The molecular formula is C14H17Cl2NO. The predicted octanol–water partition coefficient (Wildman–Crippen LogP) is 4.22. The Morgan fingerprint density at radius 3 is 3.00 bits per heavy atom. The molecule has 0 saturated carbocycles. The van der Waals surface area contributed by atoms with Crippen molar-refractivity contribution in [3.8, 4) is 0 Å². The maximum Gasteiger partial charge on any atom is 0.137 e. The van der Waals surface area contributed by atoms with Crippen LogP contribution < -0.4 is 5.32 Å². The molecule has 3 rings (SSSR count). The largest absolute Gasteiger partial charge is 0.464 e. The monoisotopic (exact) mass is 285 g/mol. The molecule has 1 aliphatic rings. The van der Waals surface area contributed by atoms with E-state index in [1.54, 1.807) is 6.26 Å². The Balaban J connectivity index is 0.00000120. The highest BCUT2D eigenvalue weighted by Crippen LogP contribution is 2.36. The molecule has 0 aliphatic carbocycles. The molecule has 4 heteroatoms. The number of benzene rings is 1. The van der Waals surface area contributed by atoms with E-state index >= 15 is 0 Å². The molecule has 98 valence electrons. The number of fused-ring (bicyclic) bond motifs is 1. The Bertz CT molecular complexity index is 538. The van der Waals surface area contributed by atoms with Crippen LogP contribution in [0.4, 0.5) is 0 Å². The molecule has 1 fully saturated rings. The minimum absolute atomic E-state index is 0. The van der Waals surface area contributed by atoms with Crippen molar-refractivity contribution < 1.29 is 4.42 Å². The Hall–Kier alpha value is -0.700. The van der Waals surface area contributed by atoms with Crippen LogP contribution in [0.15, 0.2) is 28.9 Å². The number of hydrogen-bond donors (Lipinski definition) is 1. The van der Waals surface area contributed by atoms with Gasteiger partial charge in [-0.1, -0.05) is 18.5 Å². The van der Waals surface area contributed by atoms with E-state index in [9.17, 15) is 0 Å². The van der Waals surface area contributed by atoms with E-state index < -0.39 is 0 Å². The van der Waals surface area contributed by atoms with E-state index in [0.717, 1.165) is 35.5 Å². The Kier molecular flexibility index (Phi) is 4.21. The molecule has 1 saturated heterocycles. The van der Waals surface area contributed by atoms with Gasteiger partial charge in [-0.15, -0.1) is 12.4 Å². The molecule has 18 heavy (non-hydrogen) atoms. The van der Waals surface area contributed by atoms with Gasteiger partial charge in [0.15, 0.2) is 0 Å². The van der Waals surface area contributed by atoms with Crippen LogP contribution in [0, 0.1) is 5.92 Å². The van der Waals surface area contributed by atoms with Gasteiger partial charge in [-0.05, 0) is 49.5 Å². The molecule has 2 heterocycles. The van der Waals surface area contributed by atoms with Crippen molar-refractivity contribution in [1.82, 2.24) is 5.32 Å². The van der Waals surface area contributed by atoms with E-state index in [1.165, 1.54) is 5.56 Å². The van der Waals surface area contributed by atoms with Gasteiger partial charge < -0.3 is 9.73 Å². The quantitative estimate of drug-likeness (QED) is 0.849. The van der Waals surface area contributed by atoms with Crippen LogP contribution >= 0.6 is 24.0 Å². The summed E-state index contributed by atoms with van der Waals surface area (Å²) in [5.41, 5.74) is 2.28. The normalized spacial score (nSPS) is 23.9. The summed E-state index contributed by atoms with van der Waals surface area (Å²) in [6.45, 7) is 4.43. The van der Waals surface area contributed by atoms with Gasteiger partial charge in [-0.3, -0.25) is 0 Å². The van der Waals surface area contributed by atoms with Crippen molar-refractivity contribution in [3.63, 3.8) is 0 Å². The van der Waals surface area contributed by atoms with Gasteiger partial charge in [0, 0.05) is 16.0 Å². The maximum atomic E-state index is 6.19. The third-order valence-corrected chi connectivity index (χ3v) is 3.95. The van der Waals surface area contributed by atoms with Gasteiger partial charge in [0.1, 0.15) is 5.58 Å². The van der Waals surface area contributed by atoms with Crippen molar-refractivity contribution in [3.05, 3.63) is 35.0 Å². The summed E-state index contributed by atoms with van der Waals surface area (Å²) in [5, 5.41) is 5.34. The smallest absolute Gasteiger partial charge is 0.137 e. The van der Waals surface area contributed by atoms with Gasteiger partial charge in [0.25, 0.3) is 0 Å². The number of halogens is 2. The van der Waals surface area contributed by atoms with Crippen molar-refractivity contribution >= 4 is 35.0 Å². The second-order valence-electron chi connectivity index (χ2n) is 4.91. The summed E-state index contributed by atoms with van der Waals surface area (Å²) < 4.78 is 5.63. The van der Waals surface area contributed by atoms with Crippen molar-refractivity contribution in [2.24, 2.45) is 5.92 Å². The molecule has 1 N–H and O–H groups in total. The van der Waals surface area contributed by atoms with Crippen molar-refractivity contribution in [2.75, 3.05) is 13.1 Å². The first-order valence-electron chi connectivity index (χ1n) is 6.13. The predicted molar refractivity (Wildman–Crippen MR) is 77.9 cm³/mol. The fourth-order valence-electron chi connectivity index (χ4n) is 2.82. The average Bonchev–Trinajstić information content (AvgIpc) is 2.76. The lowest BCUT2D eigenvalue weighted by Crippen LogP contribution is -2.33. The number of rotatable bonds is 1. The molecule has 0 spiro atoms. The molecular weight excluding hydrogens is 269 g/mol. The fraction of sp³-hybridized carbons (Fsp3) is 0.429. The first-order chi connectivity index (χ1) is 8.25. The maximum absolute atomic E-state index is 6.19. The van der Waals surface area contributed by atoms with Crippen LogP contribution in [0.5, 0.6) is 0 Å². The summed E-state index contributed by atoms with van der Waals surface area (Å²) in [7, 11) is 0. The summed E-state index contributed by atoms with van der Waals surface area (Å²) in [6, 6.07) is 6.02. The molecule has 0 radical (unpaired) electrons. The van der Waals surface area contributed by atoms with E-state index in [4.69, 9.17) is 16.0 Å². The highest BCUT2D eigenvalue weighted by molar-refractivity contribution is 6.31. The van der Waals surface area contributed by atoms with Gasteiger partial charge in [-0.25, -0.2) is 0 Å². The van der Waals surface area contributed by atoms with Crippen LogP contribution in [-0.2, 0) is 0 Å². The lowest BCUT2D eigenvalue weighted by atomic mass is 9.82. The molecule has 2 nitrogen and oxygen atoms in total. The average molecular weight is 286 g/mol. The SMILES string of the molecule is C[C@@H]1CNCC[C@@H]1c1cc(Cl)cc2ccoc12.Cl. The molecule has 0 unspecified atom stereocenters. The Morgan fingerprint density at radius 2 is 2.22 bits per heavy atom. The van der Waals surface area contributed by atoms with Crippen molar-refractivity contribution in [2.45, 2.75) is 19.3 Å². The molecule has 1 aromatic heterocycles. The molecule has 2 aromatic rings. The number of nitrogens with one attached hydrogen (secondary N) is 1. The van der Waals surface area contributed by atoms with Gasteiger partial charge in [0.2, 0.25) is 0 Å². The lowest BCUT2D eigenvalue weighted by molar-refractivity contribution is 0.349. The second kappa shape index (κ2) is 5.52. The van der Waals surface area contributed by atoms with Crippen LogP contribution in [0.25, 0.3) is 11.0 Å². The van der Waals surface area contributed by atoms with E-state index in [0.29, 0.717) is 11.8 Å². The van der Waals surface area contributed by atoms with Crippen LogP contribution in [-0.4, -0.2) is 13.1 Å². The standard InChI is InChI=1S/C14H16ClNO.ClH/c1-9-8-16-4-2-12(9)13-7-11(15)6-10-3-5-17-14(10)13;/h3,5-7,9,12,16H,2,4,8H2,1H3;1H/t9-,12+;/m1./s1. The first kappa shape index (κ1) is 13.7. The molecule has 2 atom stereocenters. The van der Waals surface area contributed by atoms with Crippen molar-refractivity contribution in [1.29, 1.82) is 0 Å². The molecule has 1 aliphatic heterocycles.